The number of ether oxygens (including phenoxy) is 14. The maximum absolute atomic E-state index is 14.4. The number of esters is 1. The number of unbranched alkanes of at least 4 members (excludes halogenated alkanes) is 2. The van der Waals surface area contributed by atoms with Crippen molar-refractivity contribution in [1.29, 1.82) is 0 Å². The number of anilines is 2. The first-order valence-electron chi connectivity index (χ1n) is 43.9. The number of nitrogens with zero attached hydrogens (tertiary/aromatic N) is 5. The van der Waals surface area contributed by atoms with Crippen molar-refractivity contribution in [3.05, 3.63) is 161 Å². The van der Waals surface area contributed by atoms with Crippen molar-refractivity contribution in [2.24, 2.45) is 10.9 Å². The van der Waals surface area contributed by atoms with E-state index >= 15 is 0 Å². The minimum atomic E-state index is -1.56. The molecule has 36 nitrogen and oxygen atoms in total. The number of fused-ring (bicyclic) bond motifs is 7. The molecule has 0 saturated heterocycles. The maximum Gasteiger partial charge on any atom is 0.416 e. The molecule has 0 saturated carbocycles. The molecule has 0 bridgehead atoms. The highest BCUT2D eigenvalue weighted by atomic mass is 16.6. The molecule has 36 heteroatoms. The van der Waals surface area contributed by atoms with Crippen LogP contribution in [0.25, 0.3) is 11.1 Å². The summed E-state index contributed by atoms with van der Waals surface area (Å²) in [5.41, 5.74) is 7.75. The lowest BCUT2D eigenvalue weighted by Gasteiger charge is -2.31. The lowest BCUT2D eigenvalue weighted by molar-refractivity contribution is -0.148. The van der Waals surface area contributed by atoms with Crippen LogP contribution in [0.4, 0.5) is 21.9 Å². The standard InChI is InChI=1S/C94H118N10O26/c1-60(2)87(100-83(106)24-23-74(93(115)129-59-73-69-17-11-9-15-67(69)68-16-10-12-18-70(68)73)99-84(107)28-33-119-35-37-121-39-41-123-43-45-125-47-48-126-46-44-124-42-40-122-38-36-120-34-29-95-82(105)27-30-101-85(108)25-26-86(101)109)89(111)97-63(5)88(110)98-65-21-19-64(20-22-65)58-130-94(116)104-76-54-81(79(118-7)52-72(76)91(113)103-57-62(4)50-77(103)92(104)114)128-32-14-8-13-31-127-80-53-75-71(51-78(80)117-6)90(112)102-56-61(3)49-66(102)55-96-75/h9-12,15-22,25-26,51-57,60,63,66,73-74,77,87,92,114H,8,13-14,23-24,27-50,58-59H2,1-7H3,(H,95,105)(H,97,111)(H,98,110)(H,99,107)(H,100,106)/t63-,66-,74-,77-,87-,92-/m0/s1. The highest BCUT2D eigenvalue weighted by Gasteiger charge is 2.46. The van der Waals surface area contributed by atoms with Crippen LogP contribution < -0.4 is 50.4 Å². The van der Waals surface area contributed by atoms with E-state index in [4.69, 9.17) is 66.3 Å². The van der Waals surface area contributed by atoms with Crippen LogP contribution in [0, 0.1) is 5.92 Å². The number of carbonyl (C=O) groups is 11. The predicted molar refractivity (Wildman–Crippen MR) is 474 cm³/mol. The molecule has 1 aliphatic carbocycles. The number of amides is 10. The SMILES string of the molecule is COc1cc2c(cc1OCCCCCOc1cc3c(cc1OC)C(=O)N1C=C(C)C[C@H]1[C@H](O)N3C(=O)OCc1ccc(NC(=O)[C@H](C)NC(=O)[C@@H](NC(=O)CC[C@H](NC(=O)CCOCCOCCOCCOCCOCCOCCOCCOCCNC(=O)CCN3C(=O)C=CC3=O)C(=O)OCC3c4ccccc4-c4ccccc43)C(C)C)cc1)N=C[C@@H]1CC(C)=CN1C2=O. The number of carbonyl (C=O) groups excluding carboxylic acids is 11. The Balaban J connectivity index is 0.569. The van der Waals surface area contributed by atoms with Gasteiger partial charge in [-0.3, -0.25) is 53.0 Å². The molecule has 0 aromatic heterocycles. The van der Waals surface area contributed by atoms with Gasteiger partial charge in [0.15, 0.2) is 29.2 Å². The number of aliphatic hydroxyl groups is 1. The largest absolute Gasteiger partial charge is 0.493 e. The number of aliphatic hydroxyl groups excluding tert-OH is 1. The van der Waals surface area contributed by atoms with Crippen molar-refractivity contribution in [1.82, 2.24) is 36.0 Å². The Morgan fingerprint density at radius 2 is 1.05 bits per heavy atom. The molecular weight excluding hydrogens is 1690 g/mol. The van der Waals surface area contributed by atoms with Gasteiger partial charge >= 0.3 is 12.1 Å². The minimum absolute atomic E-state index is 0.00772. The number of methoxy groups -OCH3 is 2. The summed E-state index contributed by atoms with van der Waals surface area (Å²) in [6.45, 7) is 14.1. The Kier molecular flexibility index (Phi) is 38.1. The summed E-state index contributed by atoms with van der Waals surface area (Å²) >= 11 is 0. The van der Waals surface area contributed by atoms with Gasteiger partial charge in [-0.2, -0.15) is 0 Å². The quantitative estimate of drug-likeness (QED) is 0.0122. The molecular formula is C94H118N10O26. The number of hydrogen-bond acceptors (Lipinski definition) is 27. The number of aliphatic imine (C=N–C) groups is 1. The molecule has 11 rings (SSSR count). The summed E-state index contributed by atoms with van der Waals surface area (Å²) in [5, 5.41) is 25.7. The fourth-order valence-corrected chi connectivity index (χ4v) is 15.2. The maximum atomic E-state index is 14.4. The highest BCUT2D eigenvalue weighted by molar-refractivity contribution is 6.13. The van der Waals surface area contributed by atoms with Crippen molar-refractivity contribution < 1.29 is 124 Å². The number of hydrogen-bond donors (Lipinski definition) is 6. The summed E-state index contributed by atoms with van der Waals surface area (Å²) in [5.74, 6) is -4.40. The summed E-state index contributed by atoms with van der Waals surface area (Å²) in [4.78, 5) is 156. The molecule has 5 aliphatic heterocycles. The highest BCUT2D eigenvalue weighted by Crippen LogP contribution is 2.46. The zero-order valence-electron chi connectivity index (χ0n) is 74.6. The lowest BCUT2D eigenvalue weighted by atomic mass is 9.98. The Hall–Kier alpha value is -12.0. The molecule has 0 unspecified atom stereocenters. The molecule has 130 heavy (non-hydrogen) atoms. The van der Waals surface area contributed by atoms with Gasteiger partial charge in [0, 0.05) is 86.9 Å². The second kappa shape index (κ2) is 50.3. The molecule has 6 atom stereocenters. The lowest BCUT2D eigenvalue weighted by Crippen LogP contribution is -2.54. The smallest absolute Gasteiger partial charge is 0.416 e. The van der Waals surface area contributed by atoms with Crippen molar-refractivity contribution in [3.8, 4) is 34.1 Å². The first-order chi connectivity index (χ1) is 63.0. The van der Waals surface area contributed by atoms with Gasteiger partial charge in [-0.15, -0.1) is 0 Å². The van der Waals surface area contributed by atoms with Gasteiger partial charge in [0.1, 0.15) is 31.3 Å². The summed E-state index contributed by atoms with van der Waals surface area (Å²) in [6, 6.07) is 23.9. The zero-order valence-corrected chi connectivity index (χ0v) is 74.6. The third kappa shape index (κ3) is 28.0. The van der Waals surface area contributed by atoms with E-state index in [1.807, 2.05) is 68.6 Å². The van der Waals surface area contributed by atoms with E-state index in [-0.39, 0.29) is 145 Å². The van der Waals surface area contributed by atoms with Crippen LogP contribution in [0.3, 0.4) is 0 Å². The molecule has 6 N–H and O–H groups in total. The van der Waals surface area contributed by atoms with Gasteiger partial charge in [0.25, 0.3) is 23.6 Å². The zero-order chi connectivity index (χ0) is 92.4. The molecule has 700 valence electrons. The van der Waals surface area contributed by atoms with E-state index < -0.39 is 89.7 Å². The van der Waals surface area contributed by atoms with Crippen LogP contribution >= 0.6 is 0 Å². The summed E-state index contributed by atoms with van der Waals surface area (Å²) < 4.78 is 80.0. The van der Waals surface area contributed by atoms with E-state index in [1.165, 1.54) is 50.3 Å². The molecule has 0 fully saturated rings. The normalized spacial score (nSPS) is 16.6. The molecule has 6 aliphatic rings. The molecule has 5 aromatic carbocycles. The van der Waals surface area contributed by atoms with Crippen LogP contribution in [0.5, 0.6) is 23.0 Å². The van der Waals surface area contributed by atoms with Gasteiger partial charge in [-0.25, -0.2) is 14.5 Å². The van der Waals surface area contributed by atoms with E-state index in [1.54, 1.807) is 67.6 Å². The van der Waals surface area contributed by atoms with Crippen molar-refractivity contribution in [3.63, 3.8) is 0 Å². The van der Waals surface area contributed by atoms with Crippen LogP contribution in [0.15, 0.2) is 138 Å². The van der Waals surface area contributed by atoms with Gasteiger partial charge in [0.05, 0.1) is 168 Å². The Labute approximate surface area is 755 Å². The Morgan fingerprint density at radius 1 is 0.523 bits per heavy atom. The Morgan fingerprint density at radius 3 is 1.64 bits per heavy atom. The molecule has 10 amide bonds. The second-order valence-electron chi connectivity index (χ2n) is 32.0. The summed E-state index contributed by atoms with van der Waals surface area (Å²) in [6.07, 6.45) is 7.35. The molecule has 5 aromatic rings. The number of rotatable bonds is 55. The summed E-state index contributed by atoms with van der Waals surface area (Å²) in [7, 11) is 2.95. The van der Waals surface area contributed by atoms with Crippen LogP contribution in [0.2, 0.25) is 0 Å². The minimum Gasteiger partial charge on any atom is -0.493 e. The fourth-order valence-electron chi connectivity index (χ4n) is 15.2. The topological polar surface area (TPSA) is 423 Å². The number of imide groups is 1. The van der Waals surface area contributed by atoms with Crippen LogP contribution in [0.1, 0.15) is 136 Å². The van der Waals surface area contributed by atoms with Gasteiger partial charge in [-0.05, 0) is 117 Å². The predicted octanol–water partition coefficient (Wildman–Crippen LogP) is 7.92. The van der Waals surface area contributed by atoms with Gasteiger partial charge < -0.3 is 108 Å². The van der Waals surface area contributed by atoms with E-state index in [2.05, 4.69) is 31.6 Å². The fraction of sp³-hybridized carbons (Fsp3) is 0.489. The monoisotopic (exact) mass is 1800 g/mol. The van der Waals surface area contributed by atoms with E-state index in [0.29, 0.717) is 139 Å². The average Bonchev–Trinajstić information content (AvgIpc) is 1.60. The number of nitrogens with one attached hydrogen (secondary N) is 5. The van der Waals surface area contributed by atoms with Crippen molar-refractivity contribution >= 4 is 88.5 Å². The third-order valence-corrected chi connectivity index (χ3v) is 22.1. The van der Waals surface area contributed by atoms with E-state index in [9.17, 15) is 57.8 Å². The first-order valence-corrected chi connectivity index (χ1v) is 43.9. The van der Waals surface area contributed by atoms with Crippen LogP contribution in [-0.2, 0) is 92.3 Å². The first kappa shape index (κ1) is 98.6. The Bertz CT molecular complexity index is 4820. The molecule has 5 heterocycles. The van der Waals surface area contributed by atoms with Gasteiger partial charge in [0.2, 0.25) is 29.5 Å². The number of benzene rings is 5. The molecule has 0 spiro atoms. The van der Waals surface area contributed by atoms with Crippen molar-refractivity contribution in [2.75, 3.05) is 163 Å². The third-order valence-electron chi connectivity index (χ3n) is 22.1. The average molecular weight is 1800 g/mol. The van der Waals surface area contributed by atoms with Crippen molar-refractivity contribution in [2.45, 2.75) is 141 Å². The van der Waals surface area contributed by atoms with E-state index in [0.717, 1.165) is 43.2 Å². The van der Waals surface area contributed by atoms with Gasteiger partial charge in [-0.1, -0.05) is 85.7 Å². The van der Waals surface area contributed by atoms with Crippen LogP contribution in [-0.4, -0.2) is 281 Å². The molecule has 0 radical (unpaired) electrons. The second-order valence-corrected chi connectivity index (χ2v) is 32.0.